The first-order valence-electron chi connectivity index (χ1n) is 11.3. The first-order chi connectivity index (χ1) is 15.8. The van der Waals surface area contributed by atoms with Crippen molar-refractivity contribution in [2.45, 2.75) is 13.3 Å². The van der Waals surface area contributed by atoms with Crippen LogP contribution in [0.25, 0.3) is 54.6 Å². The molecule has 0 saturated heterocycles. The molecule has 0 amide bonds. The maximum atomic E-state index is 2.33. The Kier molecular flexibility index (Phi) is 4.51. The highest BCUT2D eigenvalue weighted by Crippen LogP contribution is 2.39. The van der Waals surface area contributed by atoms with E-state index in [1.165, 1.54) is 60.1 Å². The average Bonchev–Trinajstić information content (AvgIpc) is 2.87. The summed E-state index contributed by atoms with van der Waals surface area (Å²) in [5.74, 6) is 0. The molecule has 0 aromatic heterocycles. The molecular weight excluding hydrogens is 384 g/mol. The minimum atomic E-state index is 1.02. The molecule has 0 N–H and O–H groups in total. The van der Waals surface area contributed by atoms with Crippen molar-refractivity contribution < 1.29 is 0 Å². The van der Waals surface area contributed by atoms with Crippen LogP contribution in [0.4, 0.5) is 0 Å². The predicted octanol–water partition coefficient (Wildman–Crippen LogP) is 9.04. The molecule has 6 aromatic carbocycles. The van der Waals surface area contributed by atoms with Crippen LogP contribution in [0.5, 0.6) is 0 Å². The highest BCUT2D eigenvalue weighted by atomic mass is 14.2. The fourth-order valence-corrected chi connectivity index (χ4v) is 4.97. The van der Waals surface area contributed by atoms with Gasteiger partial charge in [0.25, 0.3) is 0 Å². The highest BCUT2D eigenvalue weighted by molar-refractivity contribution is 6.09. The molecule has 32 heavy (non-hydrogen) atoms. The lowest BCUT2D eigenvalue weighted by atomic mass is 9.88. The monoisotopic (exact) mass is 408 g/mol. The fraction of sp³-hybridized carbons (Fsp3) is 0.0625. The van der Waals surface area contributed by atoms with Crippen molar-refractivity contribution in [1.82, 2.24) is 0 Å². The van der Waals surface area contributed by atoms with Crippen LogP contribution < -0.4 is 0 Å². The Morgan fingerprint density at radius 1 is 0.469 bits per heavy atom. The Morgan fingerprint density at radius 3 is 1.62 bits per heavy atom. The lowest BCUT2D eigenvalue weighted by Gasteiger charge is -2.16. The maximum absolute atomic E-state index is 2.33. The molecule has 0 heteroatoms. The zero-order valence-electron chi connectivity index (χ0n) is 18.2. The van der Waals surface area contributed by atoms with Gasteiger partial charge >= 0.3 is 0 Å². The summed E-state index contributed by atoms with van der Waals surface area (Å²) in [6, 6.07) is 42.2. The summed E-state index contributed by atoms with van der Waals surface area (Å²) in [7, 11) is 0. The maximum Gasteiger partial charge on any atom is -0.00240 e. The quantitative estimate of drug-likeness (QED) is 0.274. The van der Waals surface area contributed by atoms with Gasteiger partial charge in [-0.15, -0.1) is 0 Å². The summed E-state index contributed by atoms with van der Waals surface area (Å²) in [5.41, 5.74) is 6.53. The van der Waals surface area contributed by atoms with Gasteiger partial charge in [-0.1, -0.05) is 110 Å². The normalized spacial score (nSPS) is 11.4. The molecule has 0 aliphatic carbocycles. The molecule has 0 fully saturated rings. The van der Waals surface area contributed by atoms with E-state index in [0.717, 1.165) is 6.42 Å². The second kappa shape index (κ2) is 7.66. The Hall–Kier alpha value is -3.90. The van der Waals surface area contributed by atoms with Crippen molar-refractivity contribution in [1.29, 1.82) is 0 Å². The summed E-state index contributed by atoms with van der Waals surface area (Å²) >= 11 is 0. The highest BCUT2D eigenvalue weighted by Gasteiger charge is 2.13. The second-order valence-corrected chi connectivity index (χ2v) is 8.48. The van der Waals surface area contributed by atoms with Crippen LogP contribution >= 0.6 is 0 Å². The number of hydrogen-bond donors (Lipinski definition) is 0. The van der Waals surface area contributed by atoms with Crippen molar-refractivity contribution in [2.24, 2.45) is 0 Å². The molecule has 0 radical (unpaired) electrons. The van der Waals surface area contributed by atoms with Crippen LogP contribution in [-0.4, -0.2) is 0 Å². The van der Waals surface area contributed by atoms with E-state index < -0.39 is 0 Å². The topological polar surface area (TPSA) is 0 Å². The standard InChI is InChI=1S/C32H24/c1-2-22-18-19-31(28-17-15-24-9-4-6-11-26(24)21-28)32-29(22)12-7-13-30(32)27-16-14-23-8-3-5-10-25(23)20-27/h3-21H,2H2,1H3. The lowest BCUT2D eigenvalue weighted by molar-refractivity contribution is 1.16. The van der Waals surface area contributed by atoms with E-state index in [-0.39, 0.29) is 0 Å². The van der Waals surface area contributed by atoms with Crippen LogP contribution in [0, 0.1) is 0 Å². The fourth-order valence-electron chi connectivity index (χ4n) is 4.97. The van der Waals surface area contributed by atoms with Gasteiger partial charge in [-0.3, -0.25) is 0 Å². The van der Waals surface area contributed by atoms with Crippen LogP contribution in [0.2, 0.25) is 0 Å². The molecule has 0 aliphatic heterocycles. The van der Waals surface area contributed by atoms with E-state index in [1.54, 1.807) is 0 Å². The van der Waals surface area contributed by atoms with Gasteiger partial charge in [0.05, 0.1) is 0 Å². The molecular formula is C32H24. The van der Waals surface area contributed by atoms with E-state index >= 15 is 0 Å². The molecule has 0 nitrogen and oxygen atoms in total. The smallest absolute Gasteiger partial charge is 0.00240 e. The second-order valence-electron chi connectivity index (χ2n) is 8.48. The zero-order valence-corrected chi connectivity index (χ0v) is 18.2. The van der Waals surface area contributed by atoms with E-state index in [9.17, 15) is 0 Å². The third-order valence-electron chi connectivity index (χ3n) is 6.63. The van der Waals surface area contributed by atoms with Crippen molar-refractivity contribution in [3.8, 4) is 22.3 Å². The van der Waals surface area contributed by atoms with Crippen molar-refractivity contribution in [3.63, 3.8) is 0 Å². The summed E-state index contributed by atoms with van der Waals surface area (Å²) in [4.78, 5) is 0. The Morgan fingerprint density at radius 2 is 1.03 bits per heavy atom. The third-order valence-corrected chi connectivity index (χ3v) is 6.63. The van der Waals surface area contributed by atoms with E-state index in [1.807, 2.05) is 0 Å². The average molecular weight is 409 g/mol. The van der Waals surface area contributed by atoms with Gasteiger partial charge < -0.3 is 0 Å². The van der Waals surface area contributed by atoms with Crippen molar-refractivity contribution >= 4 is 32.3 Å². The first-order valence-corrected chi connectivity index (χ1v) is 11.3. The number of aryl methyl sites for hydroxylation is 1. The summed E-state index contributed by atoms with van der Waals surface area (Å²) in [6.07, 6.45) is 1.02. The molecule has 0 atom stereocenters. The molecule has 0 spiro atoms. The molecule has 152 valence electrons. The zero-order chi connectivity index (χ0) is 21.5. The molecule has 0 saturated carbocycles. The summed E-state index contributed by atoms with van der Waals surface area (Å²) in [6.45, 7) is 2.24. The Labute approximate surface area is 188 Å². The molecule has 6 aromatic rings. The largest absolute Gasteiger partial charge is 0.0616 e. The van der Waals surface area contributed by atoms with Crippen LogP contribution in [0.1, 0.15) is 12.5 Å². The van der Waals surface area contributed by atoms with Crippen LogP contribution in [0.15, 0.2) is 115 Å². The third kappa shape index (κ3) is 3.08. The van der Waals surface area contributed by atoms with Crippen molar-refractivity contribution in [2.75, 3.05) is 0 Å². The SMILES string of the molecule is CCc1ccc(-c2ccc3ccccc3c2)c2c(-c3ccc4ccccc4c3)cccc12. The van der Waals surface area contributed by atoms with Crippen molar-refractivity contribution in [3.05, 3.63) is 121 Å². The minimum Gasteiger partial charge on any atom is -0.0616 e. The molecule has 0 heterocycles. The Bertz CT molecular complexity index is 1520. The lowest BCUT2D eigenvalue weighted by Crippen LogP contribution is -1.91. The Balaban J connectivity index is 1.66. The van der Waals surface area contributed by atoms with E-state index in [4.69, 9.17) is 0 Å². The number of hydrogen-bond acceptors (Lipinski definition) is 0. The first kappa shape index (κ1) is 18.8. The number of benzene rings is 6. The van der Waals surface area contributed by atoms with E-state index in [0.29, 0.717) is 0 Å². The molecule has 0 bridgehead atoms. The molecule has 6 rings (SSSR count). The number of rotatable bonds is 3. The van der Waals surface area contributed by atoms with Gasteiger partial charge in [-0.25, -0.2) is 0 Å². The van der Waals surface area contributed by atoms with Gasteiger partial charge in [-0.2, -0.15) is 0 Å². The van der Waals surface area contributed by atoms with Gasteiger partial charge in [-0.05, 0) is 78.7 Å². The number of fused-ring (bicyclic) bond motifs is 3. The van der Waals surface area contributed by atoms with Crippen LogP contribution in [-0.2, 0) is 6.42 Å². The van der Waals surface area contributed by atoms with Crippen LogP contribution in [0.3, 0.4) is 0 Å². The van der Waals surface area contributed by atoms with Gasteiger partial charge in [0.15, 0.2) is 0 Å². The summed E-state index contributed by atoms with van der Waals surface area (Å²) < 4.78 is 0. The summed E-state index contributed by atoms with van der Waals surface area (Å²) in [5, 5.41) is 7.81. The van der Waals surface area contributed by atoms with E-state index in [2.05, 4.69) is 122 Å². The minimum absolute atomic E-state index is 1.02. The van der Waals surface area contributed by atoms with Gasteiger partial charge in [0.2, 0.25) is 0 Å². The van der Waals surface area contributed by atoms with Gasteiger partial charge in [0, 0.05) is 0 Å². The molecule has 0 aliphatic rings. The predicted molar refractivity (Wildman–Crippen MR) is 139 cm³/mol. The molecule has 0 unspecified atom stereocenters. The van der Waals surface area contributed by atoms with Gasteiger partial charge in [0.1, 0.15) is 0 Å².